The van der Waals surface area contributed by atoms with E-state index in [1.807, 2.05) is 42.7 Å². The Hall–Kier alpha value is -2.39. The highest BCUT2D eigenvalue weighted by Gasteiger charge is 2.20. The highest BCUT2D eigenvalue weighted by molar-refractivity contribution is 7.99. The fourth-order valence-corrected chi connectivity index (χ4v) is 4.46. The number of rotatable bonds is 12. The van der Waals surface area contributed by atoms with Crippen LogP contribution in [0.5, 0.6) is 11.5 Å². The number of benzene rings is 2. The zero-order chi connectivity index (χ0) is 22.0. The van der Waals surface area contributed by atoms with E-state index in [1.54, 1.807) is 19.2 Å². The van der Waals surface area contributed by atoms with Crippen LogP contribution in [-0.4, -0.2) is 53.6 Å². The Labute approximate surface area is 182 Å². The lowest BCUT2D eigenvalue weighted by Crippen LogP contribution is -2.33. The molecule has 1 N–H and O–H groups in total. The summed E-state index contributed by atoms with van der Waals surface area (Å²) in [6.45, 7) is 0.931. The van der Waals surface area contributed by atoms with Gasteiger partial charge in [-0.15, -0.1) is 11.8 Å². The molecule has 2 aromatic carbocycles. The Morgan fingerprint density at radius 1 is 1.13 bits per heavy atom. The monoisotopic (exact) mass is 452 g/mol. The Morgan fingerprint density at radius 3 is 2.57 bits per heavy atom. The standard InChI is InChI=1S/C21H28N2O5S2/c1-27-17-8-6-9-18(16-17)28-15-13-22-21(24)12-7-14-23(30(3,25)26)19-10-4-5-11-20(19)29-2/h4-6,8-11,16H,7,12-15H2,1-3H3,(H,22,24). The number of hydrogen-bond acceptors (Lipinski definition) is 6. The van der Waals surface area contributed by atoms with Gasteiger partial charge in [-0.1, -0.05) is 18.2 Å². The van der Waals surface area contributed by atoms with Crippen LogP contribution in [0.15, 0.2) is 53.4 Å². The van der Waals surface area contributed by atoms with E-state index in [0.717, 1.165) is 4.90 Å². The van der Waals surface area contributed by atoms with Crippen molar-refractivity contribution in [2.45, 2.75) is 17.7 Å². The third-order valence-electron chi connectivity index (χ3n) is 4.25. The van der Waals surface area contributed by atoms with E-state index < -0.39 is 10.0 Å². The number of carbonyl (C=O) groups is 1. The molecule has 0 aromatic heterocycles. The second kappa shape index (κ2) is 11.7. The molecule has 0 atom stereocenters. The van der Waals surface area contributed by atoms with Gasteiger partial charge in [-0.25, -0.2) is 8.42 Å². The normalized spacial score (nSPS) is 11.0. The summed E-state index contributed by atoms with van der Waals surface area (Å²) >= 11 is 1.49. The predicted molar refractivity (Wildman–Crippen MR) is 121 cm³/mol. The number of hydrogen-bond donors (Lipinski definition) is 1. The second-order valence-electron chi connectivity index (χ2n) is 6.49. The SMILES string of the molecule is COc1cccc(OCCNC(=O)CCCN(c2ccccc2SC)S(C)(=O)=O)c1. The van der Waals surface area contributed by atoms with Crippen molar-refractivity contribution < 1.29 is 22.7 Å². The number of sulfonamides is 1. The van der Waals surface area contributed by atoms with Gasteiger partial charge in [-0.05, 0) is 36.9 Å². The lowest BCUT2D eigenvalue weighted by atomic mass is 10.2. The largest absolute Gasteiger partial charge is 0.497 e. The first-order chi connectivity index (χ1) is 14.3. The molecule has 0 aliphatic rings. The van der Waals surface area contributed by atoms with Gasteiger partial charge in [-0.2, -0.15) is 0 Å². The predicted octanol–water partition coefficient (Wildman–Crippen LogP) is 3.16. The maximum Gasteiger partial charge on any atom is 0.232 e. The van der Waals surface area contributed by atoms with Crippen LogP contribution in [0, 0.1) is 0 Å². The van der Waals surface area contributed by atoms with E-state index in [4.69, 9.17) is 9.47 Å². The number of carbonyl (C=O) groups excluding carboxylic acids is 1. The van der Waals surface area contributed by atoms with E-state index >= 15 is 0 Å². The van der Waals surface area contributed by atoms with Gasteiger partial charge in [0.05, 0.1) is 25.6 Å². The topological polar surface area (TPSA) is 84.9 Å². The van der Waals surface area contributed by atoms with Crippen molar-refractivity contribution >= 4 is 33.4 Å². The zero-order valence-corrected chi connectivity index (χ0v) is 19.1. The molecule has 0 fully saturated rings. The Bertz CT molecular complexity index is 934. The molecule has 0 aliphatic heterocycles. The molecule has 0 bridgehead atoms. The van der Waals surface area contributed by atoms with Crippen LogP contribution in [0.3, 0.4) is 0 Å². The summed E-state index contributed by atoms with van der Waals surface area (Å²) in [4.78, 5) is 13.0. The quantitative estimate of drug-likeness (QED) is 0.393. The highest BCUT2D eigenvalue weighted by Crippen LogP contribution is 2.30. The molecule has 0 saturated carbocycles. The first-order valence-electron chi connectivity index (χ1n) is 9.49. The number of para-hydroxylation sites is 1. The number of amides is 1. The molecule has 0 spiro atoms. The summed E-state index contributed by atoms with van der Waals surface area (Å²) in [6, 6.07) is 14.6. The molecule has 0 saturated heterocycles. The van der Waals surface area contributed by atoms with Gasteiger partial charge in [0.15, 0.2) is 0 Å². The van der Waals surface area contributed by atoms with Gasteiger partial charge >= 0.3 is 0 Å². The molecular formula is C21H28N2O5S2. The Morgan fingerprint density at radius 2 is 1.87 bits per heavy atom. The maximum atomic E-state index is 12.3. The molecule has 164 valence electrons. The van der Waals surface area contributed by atoms with E-state index in [0.29, 0.717) is 36.8 Å². The number of ether oxygens (including phenoxy) is 2. The summed E-state index contributed by atoms with van der Waals surface area (Å²) in [5.41, 5.74) is 0.639. The molecule has 2 aromatic rings. The average molecular weight is 453 g/mol. The van der Waals surface area contributed by atoms with Crippen LogP contribution >= 0.6 is 11.8 Å². The Balaban J connectivity index is 1.79. The lowest BCUT2D eigenvalue weighted by Gasteiger charge is -2.24. The van der Waals surface area contributed by atoms with Crippen molar-refractivity contribution in [3.8, 4) is 11.5 Å². The van der Waals surface area contributed by atoms with Crippen molar-refractivity contribution in [2.24, 2.45) is 0 Å². The molecule has 30 heavy (non-hydrogen) atoms. The molecular weight excluding hydrogens is 424 g/mol. The highest BCUT2D eigenvalue weighted by atomic mass is 32.2. The first kappa shape index (κ1) is 23.9. The zero-order valence-electron chi connectivity index (χ0n) is 17.5. The fraction of sp³-hybridized carbons (Fsp3) is 0.381. The summed E-state index contributed by atoms with van der Waals surface area (Å²) in [5, 5.41) is 2.79. The number of thioether (sulfide) groups is 1. The van der Waals surface area contributed by atoms with Gasteiger partial charge in [0.2, 0.25) is 15.9 Å². The molecule has 7 nitrogen and oxygen atoms in total. The first-order valence-corrected chi connectivity index (χ1v) is 12.6. The van der Waals surface area contributed by atoms with Crippen LogP contribution in [0.25, 0.3) is 0 Å². The average Bonchev–Trinajstić information content (AvgIpc) is 2.73. The molecule has 9 heteroatoms. The lowest BCUT2D eigenvalue weighted by molar-refractivity contribution is -0.121. The minimum Gasteiger partial charge on any atom is -0.497 e. The maximum absolute atomic E-state index is 12.3. The van der Waals surface area contributed by atoms with Crippen molar-refractivity contribution in [3.63, 3.8) is 0 Å². The van der Waals surface area contributed by atoms with Gasteiger partial charge in [0, 0.05) is 23.9 Å². The van der Waals surface area contributed by atoms with E-state index in [2.05, 4.69) is 5.32 Å². The van der Waals surface area contributed by atoms with Crippen LogP contribution in [0.4, 0.5) is 5.69 Å². The van der Waals surface area contributed by atoms with Gasteiger partial charge in [0.25, 0.3) is 0 Å². The molecule has 1 amide bonds. The molecule has 0 aliphatic carbocycles. The van der Waals surface area contributed by atoms with Gasteiger partial charge in [-0.3, -0.25) is 9.10 Å². The summed E-state index contributed by atoms with van der Waals surface area (Å²) in [5.74, 6) is 1.23. The number of nitrogens with zero attached hydrogens (tertiary/aromatic N) is 1. The number of anilines is 1. The van der Waals surface area contributed by atoms with Crippen molar-refractivity contribution in [3.05, 3.63) is 48.5 Å². The van der Waals surface area contributed by atoms with E-state index in [9.17, 15) is 13.2 Å². The van der Waals surface area contributed by atoms with Gasteiger partial charge < -0.3 is 14.8 Å². The number of nitrogens with one attached hydrogen (secondary N) is 1. The second-order valence-corrected chi connectivity index (χ2v) is 9.24. The number of methoxy groups -OCH3 is 1. The van der Waals surface area contributed by atoms with Crippen molar-refractivity contribution in [1.82, 2.24) is 5.32 Å². The van der Waals surface area contributed by atoms with E-state index in [1.165, 1.54) is 22.3 Å². The molecule has 0 unspecified atom stereocenters. The van der Waals surface area contributed by atoms with Crippen LogP contribution in [-0.2, 0) is 14.8 Å². The smallest absolute Gasteiger partial charge is 0.232 e. The fourth-order valence-electron chi connectivity index (χ4n) is 2.82. The third-order valence-corrected chi connectivity index (χ3v) is 6.22. The molecule has 2 rings (SSSR count). The van der Waals surface area contributed by atoms with Gasteiger partial charge in [0.1, 0.15) is 18.1 Å². The van der Waals surface area contributed by atoms with Crippen LogP contribution < -0.4 is 19.1 Å². The minimum atomic E-state index is -3.45. The van der Waals surface area contributed by atoms with Crippen LogP contribution in [0.1, 0.15) is 12.8 Å². The summed E-state index contributed by atoms with van der Waals surface area (Å²) in [6.07, 6.45) is 3.73. The summed E-state index contributed by atoms with van der Waals surface area (Å²) in [7, 11) is -1.86. The molecule has 0 heterocycles. The van der Waals surface area contributed by atoms with E-state index in [-0.39, 0.29) is 18.9 Å². The van der Waals surface area contributed by atoms with Crippen LogP contribution in [0.2, 0.25) is 0 Å². The molecule has 0 radical (unpaired) electrons. The third kappa shape index (κ3) is 7.46. The Kier molecular flexibility index (Phi) is 9.32. The van der Waals surface area contributed by atoms with Crippen molar-refractivity contribution in [2.75, 3.05) is 43.6 Å². The summed E-state index contributed by atoms with van der Waals surface area (Å²) < 4.78 is 36.6. The van der Waals surface area contributed by atoms with Crippen molar-refractivity contribution in [1.29, 1.82) is 0 Å². The minimum absolute atomic E-state index is 0.143.